The lowest BCUT2D eigenvalue weighted by Crippen LogP contribution is -2.57. The van der Waals surface area contributed by atoms with Gasteiger partial charge in [0.05, 0.1) is 16.1 Å². The van der Waals surface area contributed by atoms with E-state index in [1.807, 2.05) is 14.2 Å². The predicted octanol–water partition coefficient (Wildman–Crippen LogP) is 7.66. The van der Waals surface area contributed by atoms with Crippen molar-refractivity contribution in [2.24, 2.45) is 0 Å². The lowest BCUT2D eigenvalue weighted by atomic mass is 10.0. The maximum Gasteiger partial charge on any atom is 0.364 e. The maximum atomic E-state index is 6.21. The summed E-state index contributed by atoms with van der Waals surface area (Å²) in [5.41, 5.74) is 3.17. The van der Waals surface area contributed by atoms with Gasteiger partial charge in [-0.15, -0.1) is 0 Å². The predicted molar refractivity (Wildman–Crippen MR) is 142 cm³/mol. The fourth-order valence-electron chi connectivity index (χ4n) is 5.69. The van der Waals surface area contributed by atoms with Crippen LogP contribution in [0, 0.1) is 0 Å². The Bertz CT molecular complexity index is 572. The van der Waals surface area contributed by atoms with Gasteiger partial charge in [0.15, 0.2) is 0 Å². The highest BCUT2D eigenvalue weighted by molar-refractivity contribution is 6.91. The van der Waals surface area contributed by atoms with Gasteiger partial charge in [-0.3, -0.25) is 0 Å². The van der Waals surface area contributed by atoms with Crippen molar-refractivity contribution in [3.05, 3.63) is 11.3 Å². The molecular formula is C21H50O2Si5. The van der Waals surface area contributed by atoms with Crippen LogP contribution >= 0.6 is 0 Å². The average molecular weight is 475 g/mol. The molecule has 4 unspecified atom stereocenters. The largest absolute Gasteiger partial charge is 0.395 e. The number of rotatable bonds is 7. The molecule has 0 aromatic heterocycles. The first kappa shape index (κ1) is 26.8. The lowest BCUT2D eigenvalue weighted by Gasteiger charge is -2.59. The highest BCUT2D eigenvalue weighted by Crippen LogP contribution is 2.65. The van der Waals surface area contributed by atoms with Crippen molar-refractivity contribution in [1.82, 2.24) is 0 Å². The monoisotopic (exact) mass is 474 g/mol. The Morgan fingerprint density at radius 1 is 0.571 bits per heavy atom. The van der Waals surface area contributed by atoms with Crippen molar-refractivity contribution in [3.63, 3.8) is 0 Å². The van der Waals surface area contributed by atoms with Gasteiger partial charge in [0, 0.05) is 30.4 Å². The van der Waals surface area contributed by atoms with E-state index in [1.54, 1.807) is 5.20 Å². The van der Waals surface area contributed by atoms with Crippen molar-refractivity contribution in [1.29, 1.82) is 0 Å². The molecule has 0 aromatic carbocycles. The van der Waals surface area contributed by atoms with Gasteiger partial charge in [-0.1, -0.05) is 84.6 Å². The zero-order valence-corrected chi connectivity index (χ0v) is 26.7. The van der Waals surface area contributed by atoms with Crippen LogP contribution in [0.3, 0.4) is 0 Å². The molecular weight excluding hydrogens is 425 g/mol. The maximum absolute atomic E-state index is 6.21. The van der Waals surface area contributed by atoms with E-state index in [2.05, 4.69) is 91.2 Å². The summed E-state index contributed by atoms with van der Waals surface area (Å²) in [6.45, 7) is 33.7. The molecule has 0 amide bonds. The van der Waals surface area contributed by atoms with Gasteiger partial charge in [0.2, 0.25) is 0 Å². The summed E-state index contributed by atoms with van der Waals surface area (Å²) in [6, 6.07) is 0. The summed E-state index contributed by atoms with van der Waals surface area (Å²) in [7, 11) is -4.18. The van der Waals surface area contributed by atoms with Crippen LogP contribution in [0.15, 0.2) is 11.3 Å². The molecule has 0 fully saturated rings. The first-order valence-corrected chi connectivity index (χ1v) is 27.7. The topological polar surface area (TPSA) is 18.5 Å². The van der Waals surface area contributed by atoms with Crippen molar-refractivity contribution in [2.45, 2.75) is 107 Å². The average Bonchev–Trinajstić information content (AvgIpc) is 2.48. The third-order valence-corrected chi connectivity index (χ3v) is 21.9. The molecule has 28 heavy (non-hydrogen) atoms. The van der Waals surface area contributed by atoms with Gasteiger partial charge in [-0.25, -0.2) is 0 Å². The highest BCUT2D eigenvalue weighted by Gasteiger charge is 2.59. The molecule has 0 heterocycles. The third-order valence-electron chi connectivity index (χ3n) is 7.06. The van der Waals surface area contributed by atoms with E-state index < -0.39 is 40.9 Å². The number of hydrogen-bond donors (Lipinski definition) is 0. The SMILES string of the molecule is CO[Si](C)(OC)C1=CC([Si](C)(C)C)C([Si](C)(C)C)C([Si](C)(C)C)C1[Si](C)(C)C. The zero-order valence-electron chi connectivity index (χ0n) is 21.7. The second-order valence-corrected chi connectivity index (χ2v) is 38.3. The van der Waals surface area contributed by atoms with E-state index in [1.165, 1.54) is 0 Å². The van der Waals surface area contributed by atoms with E-state index in [0.29, 0.717) is 5.54 Å². The van der Waals surface area contributed by atoms with E-state index in [0.717, 1.165) is 16.6 Å². The number of allylic oxidation sites excluding steroid dienone is 2. The van der Waals surface area contributed by atoms with Crippen LogP contribution in [0.2, 0.25) is 107 Å². The summed E-state index contributed by atoms with van der Waals surface area (Å²) in [5, 5.41) is 1.62. The van der Waals surface area contributed by atoms with Crippen LogP contribution in [0.1, 0.15) is 0 Å². The molecule has 0 aliphatic heterocycles. The molecule has 1 rings (SSSR count). The molecule has 0 N–H and O–H groups in total. The Kier molecular flexibility index (Phi) is 7.99. The molecule has 1 aliphatic carbocycles. The standard InChI is InChI=1S/C21H50O2Si5/c1-22-28(15,23-2)18-16-17(24(3,4)5)19(25(6,7)8)21(27(12,13)14)20(18)26(9,10)11/h16-17,19-21H,1-15H3. The first-order valence-electron chi connectivity index (χ1n) is 11.0. The van der Waals surface area contributed by atoms with E-state index in [-0.39, 0.29) is 0 Å². The van der Waals surface area contributed by atoms with Crippen LogP contribution in [-0.4, -0.2) is 55.1 Å². The molecule has 166 valence electrons. The summed E-state index contributed by atoms with van der Waals surface area (Å²) in [6.07, 6.45) is 2.76. The molecule has 1 aliphatic rings. The molecule has 2 nitrogen and oxygen atoms in total. The minimum Gasteiger partial charge on any atom is -0.395 e. The Balaban J connectivity index is 4.01. The molecule has 7 heteroatoms. The van der Waals surface area contributed by atoms with Crippen molar-refractivity contribution in [3.8, 4) is 0 Å². The molecule has 0 radical (unpaired) electrons. The smallest absolute Gasteiger partial charge is 0.364 e. The summed E-state index contributed by atoms with van der Waals surface area (Å²) in [5.74, 6) is 0. The molecule has 0 bridgehead atoms. The zero-order chi connectivity index (χ0) is 22.5. The van der Waals surface area contributed by atoms with E-state index in [9.17, 15) is 0 Å². The molecule has 0 aromatic rings. The Labute approximate surface area is 182 Å². The fourth-order valence-corrected chi connectivity index (χ4v) is 28.5. The Morgan fingerprint density at radius 2 is 0.964 bits per heavy atom. The van der Waals surface area contributed by atoms with Gasteiger partial charge >= 0.3 is 8.56 Å². The molecule has 0 saturated heterocycles. The number of hydrogen-bond acceptors (Lipinski definition) is 2. The van der Waals surface area contributed by atoms with Crippen molar-refractivity contribution >= 4 is 40.9 Å². The Morgan fingerprint density at radius 3 is 1.21 bits per heavy atom. The van der Waals surface area contributed by atoms with E-state index >= 15 is 0 Å². The minimum atomic E-state index is -2.34. The Hall–Kier alpha value is 0.744. The van der Waals surface area contributed by atoms with Gasteiger partial charge in [-0.2, -0.15) is 0 Å². The first-order chi connectivity index (χ1) is 12.2. The quantitative estimate of drug-likeness (QED) is 0.352. The molecule has 0 spiro atoms. The minimum absolute atomic E-state index is 0.694. The molecule has 4 atom stereocenters. The van der Waals surface area contributed by atoms with Crippen molar-refractivity contribution < 1.29 is 8.85 Å². The molecule has 0 saturated carbocycles. The summed E-state index contributed by atoms with van der Waals surface area (Å²) >= 11 is 0. The highest BCUT2D eigenvalue weighted by atomic mass is 28.4. The van der Waals surface area contributed by atoms with Crippen LogP contribution in [0.4, 0.5) is 0 Å². The third kappa shape index (κ3) is 5.50. The van der Waals surface area contributed by atoms with E-state index in [4.69, 9.17) is 8.85 Å². The summed E-state index contributed by atoms with van der Waals surface area (Å²) in [4.78, 5) is 0. The van der Waals surface area contributed by atoms with Gasteiger partial charge in [0.25, 0.3) is 0 Å². The van der Waals surface area contributed by atoms with Crippen LogP contribution in [0.25, 0.3) is 0 Å². The van der Waals surface area contributed by atoms with Gasteiger partial charge in [0.1, 0.15) is 0 Å². The second-order valence-electron chi connectivity index (χ2n) is 13.5. The second kappa shape index (κ2) is 8.35. The van der Waals surface area contributed by atoms with Gasteiger partial charge in [-0.05, 0) is 33.9 Å². The normalized spacial score (nSPS) is 28.3. The summed E-state index contributed by atoms with van der Waals surface area (Å²) < 4.78 is 12.4. The van der Waals surface area contributed by atoms with Crippen LogP contribution in [0.5, 0.6) is 0 Å². The van der Waals surface area contributed by atoms with Gasteiger partial charge < -0.3 is 8.85 Å². The van der Waals surface area contributed by atoms with Crippen molar-refractivity contribution in [2.75, 3.05) is 14.2 Å². The lowest BCUT2D eigenvalue weighted by molar-refractivity contribution is 0.257. The van der Waals surface area contributed by atoms with Crippen LogP contribution in [-0.2, 0) is 8.85 Å². The van der Waals surface area contributed by atoms with Crippen LogP contribution < -0.4 is 0 Å². The fraction of sp³-hybridized carbons (Fsp3) is 0.905.